The lowest BCUT2D eigenvalue weighted by Crippen LogP contribution is -2.55. The molecule has 2 N–H and O–H groups in total. The van der Waals surface area contributed by atoms with Gasteiger partial charge in [0.05, 0.1) is 5.66 Å². The third-order valence-corrected chi connectivity index (χ3v) is 10.1. The summed E-state index contributed by atoms with van der Waals surface area (Å²) in [5.41, 5.74) is 0.498. The van der Waals surface area contributed by atoms with Gasteiger partial charge in [0.25, 0.3) is 0 Å². The van der Waals surface area contributed by atoms with Crippen LogP contribution in [0.4, 0.5) is 0 Å². The van der Waals surface area contributed by atoms with E-state index in [0.717, 1.165) is 5.25 Å². The Balaban J connectivity index is 1.38. The van der Waals surface area contributed by atoms with Gasteiger partial charge in [0.15, 0.2) is 0 Å². The fourth-order valence-electron chi connectivity index (χ4n) is 6.03. The Morgan fingerprint density at radius 3 is 1.52 bits per heavy atom. The zero-order valence-corrected chi connectivity index (χ0v) is 24.2. The van der Waals surface area contributed by atoms with Gasteiger partial charge in [0.1, 0.15) is 0 Å². The van der Waals surface area contributed by atoms with Crippen molar-refractivity contribution >= 4 is 11.8 Å². The lowest BCUT2D eigenvalue weighted by Gasteiger charge is -2.39. The van der Waals surface area contributed by atoms with E-state index in [2.05, 4.69) is 57.0 Å². The van der Waals surface area contributed by atoms with Crippen LogP contribution in [0.2, 0.25) is 0 Å². The molecule has 1 heterocycles. The van der Waals surface area contributed by atoms with Crippen molar-refractivity contribution in [2.75, 3.05) is 5.75 Å². The van der Waals surface area contributed by atoms with Gasteiger partial charge in [-0.25, -0.2) is 0 Å². The van der Waals surface area contributed by atoms with Crippen molar-refractivity contribution in [3.05, 3.63) is 0 Å². The van der Waals surface area contributed by atoms with E-state index in [1.54, 1.807) is 0 Å². The highest BCUT2D eigenvalue weighted by molar-refractivity contribution is 7.99. The molecule has 0 amide bonds. The van der Waals surface area contributed by atoms with Gasteiger partial charge in [-0.3, -0.25) is 10.6 Å². The van der Waals surface area contributed by atoms with Crippen LogP contribution in [0, 0.1) is 0 Å². The van der Waals surface area contributed by atoms with Gasteiger partial charge >= 0.3 is 0 Å². The summed E-state index contributed by atoms with van der Waals surface area (Å²) in [5.74, 6) is 1.37. The van der Waals surface area contributed by atoms with Crippen molar-refractivity contribution in [2.24, 2.45) is 0 Å². The molecule has 33 heavy (non-hydrogen) atoms. The average molecular weight is 481 g/mol. The molecular formula is C30H60N2S. The molecule has 0 aromatic heterocycles. The maximum atomic E-state index is 4.00. The summed E-state index contributed by atoms with van der Waals surface area (Å²) in [5, 5.41) is 8.83. The van der Waals surface area contributed by atoms with Gasteiger partial charge < -0.3 is 0 Å². The summed E-state index contributed by atoms with van der Waals surface area (Å²) in [4.78, 5) is 0. The molecule has 2 rings (SSSR count). The minimum absolute atomic E-state index is 0.160. The molecule has 196 valence electrons. The fourth-order valence-corrected chi connectivity index (χ4v) is 7.47. The quantitative estimate of drug-likeness (QED) is 0.191. The van der Waals surface area contributed by atoms with E-state index in [1.807, 2.05) is 0 Å². The first-order valence-electron chi connectivity index (χ1n) is 15.0. The summed E-state index contributed by atoms with van der Waals surface area (Å²) in [6.45, 7) is 11.8. The van der Waals surface area contributed by atoms with Gasteiger partial charge in [-0.2, -0.15) is 11.8 Å². The van der Waals surface area contributed by atoms with Crippen molar-refractivity contribution in [2.45, 2.75) is 185 Å². The van der Waals surface area contributed by atoms with Crippen LogP contribution in [0.15, 0.2) is 0 Å². The van der Waals surface area contributed by atoms with Crippen LogP contribution in [-0.2, 0) is 0 Å². The molecule has 2 nitrogen and oxygen atoms in total. The van der Waals surface area contributed by atoms with Crippen LogP contribution < -0.4 is 10.6 Å². The van der Waals surface area contributed by atoms with Crippen LogP contribution >= 0.6 is 11.8 Å². The highest BCUT2D eigenvalue weighted by atomic mass is 32.2. The monoisotopic (exact) mass is 480 g/mol. The largest absolute Gasteiger partial charge is 0.292 e. The average Bonchev–Trinajstić information content (AvgIpc) is 2.92. The molecular weight excluding hydrogens is 420 g/mol. The smallest absolute Gasteiger partial charge is 0.0707 e. The van der Waals surface area contributed by atoms with Crippen LogP contribution in [0.25, 0.3) is 0 Å². The van der Waals surface area contributed by atoms with Crippen LogP contribution in [-0.4, -0.2) is 27.7 Å². The molecule has 0 radical (unpaired) electrons. The zero-order valence-electron chi connectivity index (χ0n) is 23.3. The Morgan fingerprint density at radius 1 is 0.636 bits per heavy atom. The van der Waals surface area contributed by atoms with E-state index < -0.39 is 0 Å². The highest BCUT2D eigenvalue weighted by Gasteiger charge is 2.54. The molecule has 2 aliphatic rings. The standard InChI is InChI=1S/C30H60N2S/c1-6-7-8-9-10-11-12-13-14-15-16-17-18-19-20-21-25-33-27-23-22-24-30(26-27)31-28(2,3)29(4,5)32-30/h27,31-32H,6-26H2,1-5H3. The van der Waals surface area contributed by atoms with Crippen LogP contribution in [0.5, 0.6) is 0 Å². The number of thioether (sulfide) groups is 1. The van der Waals surface area contributed by atoms with Crippen molar-refractivity contribution < 1.29 is 0 Å². The summed E-state index contributed by atoms with van der Waals surface area (Å²) < 4.78 is 0. The Morgan fingerprint density at radius 2 is 1.06 bits per heavy atom. The van der Waals surface area contributed by atoms with Gasteiger partial charge in [-0.05, 0) is 65.6 Å². The van der Waals surface area contributed by atoms with Gasteiger partial charge in [0, 0.05) is 16.3 Å². The Labute approximate surface area is 213 Å². The van der Waals surface area contributed by atoms with E-state index in [-0.39, 0.29) is 16.7 Å². The normalized spacial score (nSPS) is 23.4. The van der Waals surface area contributed by atoms with Crippen LogP contribution in [0.1, 0.15) is 163 Å². The molecule has 1 saturated carbocycles. The lowest BCUT2D eigenvalue weighted by atomic mass is 9.85. The van der Waals surface area contributed by atoms with E-state index in [1.165, 1.54) is 134 Å². The number of unbranched alkanes of at least 4 members (excludes halogenated alkanes) is 15. The van der Waals surface area contributed by atoms with E-state index in [4.69, 9.17) is 0 Å². The molecule has 3 heteroatoms. The molecule has 1 atom stereocenters. The molecule has 1 unspecified atom stereocenters. The van der Waals surface area contributed by atoms with Gasteiger partial charge in [-0.15, -0.1) is 0 Å². The topological polar surface area (TPSA) is 24.1 Å². The second-order valence-corrected chi connectivity index (χ2v) is 13.9. The van der Waals surface area contributed by atoms with E-state index in [0.29, 0.717) is 0 Å². The Bertz CT molecular complexity index is 486. The summed E-state index contributed by atoms with van der Waals surface area (Å²) in [7, 11) is 0. The fraction of sp³-hybridized carbons (Fsp3) is 1.00. The first kappa shape index (κ1) is 29.5. The maximum Gasteiger partial charge on any atom is 0.0707 e. The summed E-state index contributed by atoms with van der Waals surface area (Å²) in [6.07, 6.45) is 28.7. The van der Waals surface area contributed by atoms with E-state index in [9.17, 15) is 0 Å². The van der Waals surface area contributed by atoms with Crippen molar-refractivity contribution in [3.63, 3.8) is 0 Å². The minimum Gasteiger partial charge on any atom is -0.292 e. The lowest BCUT2D eigenvalue weighted by molar-refractivity contribution is 0.217. The summed E-state index contributed by atoms with van der Waals surface area (Å²) in [6, 6.07) is 0. The first-order valence-corrected chi connectivity index (χ1v) is 16.1. The SMILES string of the molecule is CCCCCCCCCCCCCCCCCCSC1CCCC2(C1)NC(C)(C)C(C)(C)N2. The first-order chi connectivity index (χ1) is 15.8. The van der Waals surface area contributed by atoms with Crippen molar-refractivity contribution in [1.82, 2.24) is 10.6 Å². The second kappa shape index (κ2) is 15.4. The minimum atomic E-state index is 0.160. The predicted molar refractivity (Wildman–Crippen MR) is 151 cm³/mol. The van der Waals surface area contributed by atoms with E-state index >= 15 is 0 Å². The third-order valence-electron chi connectivity index (χ3n) is 8.72. The number of nitrogens with one attached hydrogen (secondary N) is 2. The molecule has 1 aliphatic carbocycles. The molecule has 1 aliphatic heterocycles. The molecule has 2 fully saturated rings. The Hall–Kier alpha value is 0.270. The van der Waals surface area contributed by atoms with Gasteiger partial charge in [-0.1, -0.05) is 103 Å². The third kappa shape index (κ3) is 10.8. The molecule has 0 bridgehead atoms. The van der Waals surface area contributed by atoms with Crippen LogP contribution in [0.3, 0.4) is 0 Å². The molecule has 1 spiro atoms. The number of hydrogen-bond donors (Lipinski definition) is 2. The Kier molecular flexibility index (Phi) is 13.8. The maximum absolute atomic E-state index is 4.00. The molecule has 1 saturated heterocycles. The molecule has 0 aromatic rings. The zero-order chi connectivity index (χ0) is 24.0. The van der Waals surface area contributed by atoms with Crippen molar-refractivity contribution in [3.8, 4) is 0 Å². The number of rotatable bonds is 18. The predicted octanol–water partition coefficient (Wildman–Crippen LogP) is 9.37. The number of hydrogen-bond acceptors (Lipinski definition) is 3. The van der Waals surface area contributed by atoms with Gasteiger partial charge in [0.2, 0.25) is 0 Å². The summed E-state index contributed by atoms with van der Waals surface area (Å²) >= 11 is 2.27. The second-order valence-electron chi connectivity index (χ2n) is 12.5. The highest BCUT2D eigenvalue weighted by Crippen LogP contribution is 2.42. The molecule has 0 aromatic carbocycles. The van der Waals surface area contributed by atoms with Crippen molar-refractivity contribution in [1.29, 1.82) is 0 Å².